The molecule has 1 aromatic carbocycles. The molecule has 26 heavy (non-hydrogen) atoms. The molecular formula is C21H32N2O3. The second-order valence-corrected chi connectivity index (χ2v) is 8.88. The molecule has 1 aromatic heterocycles. The van der Waals surface area contributed by atoms with Crippen LogP contribution in [0.4, 0.5) is 0 Å². The largest absolute Gasteiger partial charge is 0.493 e. The van der Waals surface area contributed by atoms with Crippen molar-refractivity contribution in [2.45, 2.75) is 67.2 Å². The first-order chi connectivity index (χ1) is 12.0. The molecule has 0 spiro atoms. The molecule has 0 aliphatic heterocycles. The minimum absolute atomic E-state index is 0.143. The van der Waals surface area contributed by atoms with Crippen LogP contribution in [0.3, 0.4) is 0 Å². The fourth-order valence-corrected chi connectivity index (χ4v) is 2.88. The zero-order valence-corrected chi connectivity index (χ0v) is 16.9. The first kappa shape index (κ1) is 20.3. The molecular weight excluding hydrogens is 328 g/mol. The van der Waals surface area contributed by atoms with Crippen molar-refractivity contribution in [3.63, 3.8) is 0 Å². The fourth-order valence-electron chi connectivity index (χ4n) is 2.88. The SMILES string of the molecule is CCCc1c(OCCC(C)(C)C(N)=O)ccc2c(CC(C)(C)C)noc12. The predicted molar refractivity (Wildman–Crippen MR) is 104 cm³/mol. The zero-order chi connectivity index (χ0) is 19.5. The van der Waals surface area contributed by atoms with Gasteiger partial charge in [-0.1, -0.05) is 53.1 Å². The van der Waals surface area contributed by atoms with Gasteiger partial charge in [-0.25, -0.2) is 0 Å². The standard InChI is InChI=1S/C21H32N2O3/c1-7-8-15-17(25-12-11-21(5,6)19(22)24)10-9-14-16(13-20(2,3)4)23-26-18(14)15/h9-10H,7-8,11-13H2,1-6H3,(H2,22,24). The third kappa shape index (κ3) is 4.77. The maximum Gasteiger partial charge on any atom is 0.223 e. The molecule has 0 aliphatic rings. The van der Waals surface area contributed by atoms with Gasteiger partial charge >= 0.3 is 0 Å². The van der Waals surface area contributed by atoms with Crippen molar-refractivity contribution in [1.29, 1.82) is 0 Å². The molecule has 144 valence electrons. The van der Waals surface area contributed by atoms with E-state index in [2.05, 4.69) is 32.9 Å². The Bertz CT molecular complexity index is 769. The third-order valence-corrected chi connectivity index (χ3v) is 4.62. The Morgan fingerprint density at radius 3 is 2.50 bits per heavy atom. The highest BCUT2D eigenvalue weighted by Crippen LogP contribution is 2.34. The lowest BCUT2D eigenvalue weighted by Gasteiger charge is -2.21. The number of amides is 1. The van der Waals surface area contributed by atoms with Crippen LogP contribution in [0.25, 0.3) is 11.0 Å². The predicted octanol–water partition coefficient (Wildman–Crippen LogP) is 4.65. The molecule has 0 saturated heterocycles. The van der Waals surface area contributed by atoms with Crippen molar-refractivity contribution < 1.29 is 14.1 Å². The highest BCUT2D eigenvalue weighted by molar-refractivity contribution is 5.84. The lowest BCUT2D eigenvalue weighted by molar-refractivity contribution is -0.126. The summed E-state index contributed by atoms with van der Waals surface area (Å²) in [4.78, 5) is 11.5. The van der Waals surface area contributed by atoms with Crippen molar-refractivity contribution in [2.24, 2.45) is 16.6 Å². The molecule has 2 N–H and O–H groups in total. The first-order valence-electron chi connectivity index (χ1n) is 9.38. The van der Waals surface area contributed by atoms with Crippen molar-refractivity contribution in [3.8, 4) is 5.75 Å². The van der Waals surface area contributed by atoms with Crippen molar-refractivity contribution >= 4 is 16.9 Å². The molecule has 1 heterocycles. The first-order valence-corrected chi connectivity index (χ1v) is 9.38. The summed E-state index contributed by atoms with van der Waals surface area (Å²) in [6.45, 7) is 12.8. The van der Waals surface area contributed by atoms with Gasteiger partial charge in [0.2, 0.25) is 5.91 Å². The number of aromatic nitrogens is 1. The van der Waals surface area contributed by atoms with Gasteiger partial charge in [0, 0.05) is 16.4 Å². The number of primary amides is 1. The number of hydrogen-bond donors (Lipinski definition) is 1. The summed E-state index contributed by atoms with van der Waals surface area (Å²) < 4.78 is 11.7. The molecule has 2 rings (SSSR count). The normalized spacial score (nSPS) is 12.5. The van der Waals surface area contributed by atoms with Gasteiger partial charge < -0.3 is 15.0 Å². The zero-order valence-electron chi connectivity index (χ0n) is 16.9. The molecule has 0 bridgehead atoms. The number of carbonyl (C=O) groups is 1. The molecule has 5 nitrogen and oxygen atoms in total. The lowest BCUT2D eigenvalue weighted by Crippen LogP contribution is -2.32. The average Bonchev–Trinajstić information content (AvgIpc) is 2.90. The van der Waals surface area contributed by atoms with E-state index in [1.54, 1.807) is 0 Å². The van der Waals surface area contributed by atoms with Crippen LogP contribution in [0.15, 0.2) is 16.7 Å². The van der Waals surface area contributed by atoms with Gasteiger partial charge in [0.1, 0.15) is 5.75 Å². The summed E-state index contributed by atoms with van der Waals surface area (Å²) in [6, 6.07) is 4.02. The Kier molecular flexibility index (Phi) is 5.99. The molecule has 2 aromatic rings. The third-order valence-electron chi connectivity index (χ3n) is 4.62. The van der Waals surface area contributed by atoms with E-state index in [1.165, 1.54) is 0 Å². The van der Waals surface area contributed by atoms with Gasteiger partial charge in [-0.2, -0.15) is 0 Å². The Hall–Kier alpha value is -2.04. The highest BCUT2D eigenvalue weighted by Gasteiger charge is 2.25. The quantitative estimate of drug-likeness (QED) is 0.743. The maximum atomic E-state index is 11.5. The summed E-state index contributed by atoms with van der Waals surface area (Å²) in [6.07, 6.45) is 3.27. The van der Waals surface area contributed by atoms with E-state index in [9.17, 15) is 4.79 Å². The Morgan fingerprint density at radius 1 is 1.23 bits per heavy atom. The van der Waals surface area contributed by atoms with Gasteiger partial charge in [0.25, 0.3) is 0 Å². The van der Waals surface area contributed by atoms with Crippen LogP contribution in [0, 0.1) is 10.8 Å². The van der Waals surface area contributed by atoms with E-state index in [-0.39, 0.29) is 11.3 Å². The number of hydrogen-bond acceptors (Lipinski definition) is 4. The van der Waals surface area contributed by atoms with E-state index in [1.807, 2.05) is 26.0 Å². The van der Waals surface area contributed by atoms with E-state index in [0.29, 0.717) is 13.0 Å². The summed E-state index contributed by atoms with van der Waals surface area (Å²) >= 11 is 0. The van der Waals surface area contributed by atoms with E-state index in [0.717, 1.165) is 47.2 Å². The number of ether oxygens (including phenoxy) is 1. The van der Waals surface area contributed by atoms with E-state index in [4.69, 9.17) is 15.0 Å². The minimum atomic E-state index is -0.582. The van der Waals surface area contributed by atoms with Gasteiger partial charge in [-0.3, -0.25) is 4.79 Å². The average molecular weight is 360 g/mol. The maximum absolute atomic E-state index is 11.5. The smallest absolute Gasteiger partial charge is 0.223 e. The molecule has 0 saturated carbocycles. The van der Waals surface area contributed by atoms with Crippen LogP contribution >= 0.6 is 0 Å². The Balaban J connectivity index is 2.27. The summed E-state index contributed by atoms with van der Waals surface area (Å²) in [5.74, 6) is 0.491. The molecule has 5 heteroatoms. The number of carbonyl (C=O) groups excluding carboxylic acids is 1. The second kappa shape index (κ2) is 7.68. The Labute approximate surface area is 156 Å². The van der Waals surface area contributed by atoms with Gasteiger partial charge in [-0.05, 0) is 36.8 Å². The number of aryl methyl sites for hydroxylation is 1. The monoisotopic (exact) mass is 360 g/mol. The van der Waals surface area contributed by atoms with Crippen LogP contribution in [0.5, 0.6) is 5.75 Å². The van der Waals surface area contributed by atoms with Crippen molar-refractivity contribution in [3.05, 3.63) is 23.4 Å². The highest BCUT2D eigenvalue weighted by atomic mass is 16.5. The van der Waals surface area contributed by atoms with Gasteiger partial charge in [0.15, 0.2) is 5.58 Å². The Morgan fingerprint density at radius 2 is 1.92 bits per heavy atom. The van der Waals surface area contributed by atoms with Crippen LogP contribution < -0.4 is 10.5 Å². The second-order valence-electron chi connectivity index (χ2n) is 8.88. The molecule has 0 unspecified atom stereocenters. The molecule has 0 atom stereocenters. The lowest BCUT2D eigenvalue weighted by atomic mass is 9.89. The van der Waals surface area contributed by atoms with Crippen molar-refractivity contribution in [2.75, 3.05) is 6.61 Å². The topological polar surface area (TPSA) is 78.4 Å². The van der Waals surface area contributed by atoms with E-state index >= 15 is 0 Å². The van der Waals surface area contributed by atoms with E-state index < -0.39 is 5.41 Å². The fraction of sp³-hybridized carbons (Fsp3) is 0.619. The summed E-state index contributed by atoms with van der Waals surface area (Å²) in [7, 11) is 0. The minimum Gasteiger partial charge on any atom is -0.493 e. The number of rotatable bonds is 8. The summed E-state index contributed by atoms with van der Waals surface area (Å²) in [5.41, 5.74) is 7.86. The van der Waals surface area contributed by atoms with Crippen LogP contribution in [-0.2, 0) is 17.6 Å². The number of fused-ring (bicyclic) bond motifs is 1. The molecule has 0 fully saturated rings. The van der Waals surface area contributed by atoms with Crippen LogP contribution in [-0.4, -0.2) is 17.7 Å². The number of nitrogens with two attached hydrogens (primary N) is 1. The summed E-state index contributed by atoms with van der Waals surface area (Å²) in [5, 5.41) is 5.38. The van der Waals surface area contributed by atoms with Crippen LogP contribution in [0.2, 0.25) is 0 Å². The number of nitrogens with zero attached hydrogens (tertiary/aromatic N) is 1. The van der Waals surface area contributed by atoms with Gasteiger partial charge in [-0.15, -0.1) is 0 Å². The molecule has 0 radical (unpaired) electrons. The van der Waals surface area contributed by atoms with Crippen LogP contribution in [0.1, 0.15) is 65.6 Å². The molecule has 1 amide bonds. The van der Waals surface area contributed by atoms with Gasteiger partial charge in [0.05, 0.1) is 12.3 Å². The molecule has 0 aliphatic carbocycles. The number of benzene rings is 1. The van der Waals surface area contributed by atoms with Crippen molar-refractivity contribution in [1.82, 2.24) is 5.16 Å².